The molecule has 2 aromatic carbocycles. The Bertz CT molecular complexity index is 1220. The fourth-order valence-corrected chi connectivity index (χ4v) is 4.50. The van der Waals surface area contributed by atoms with Crippen LogP contribution in [-0.4, -0.2) is 48.7 Å². The van der Waals surface area contributed by atoms with Gasteiger partial charge in [0.05, 0.1) is 18.9 Å². The molecule has 0 bridgehead atoms. The van der Waals surface area contributed by atoms with Crippen molar-refractivity contribution in [2.45, 2.75) is 26.2 Å². The molecule has 2 aliphatic rings. The predicted molar refractivity (Wildman–Crippen MR) is 121 cm³/mol. The van der Waals surface area contributed by atoms with Crippen molar-refractivity contribution in [2.24, 2.45) is 5.10 Å². The maximum Gasteiger partial charge on any atom is 0.290 e. The van der Waals surface area contributed by atoms with Gasteiger partial charge in [0.2, 0.25) is 0 Å². The van der Waals surface area contributed by atoms with E-state index < -0.39 is 0 Å². The number of carbonyl (C=O) groups excluding carboxylic acids is 2. The molecule has 1 aliphatic heterocycles. The van der Waals surface area contributed by atoms with Crippen LogP contribution in [0.5, 0.6) is 0 Å². The van der Waals surface area contributed by atoms with Crippen molar-refractivity contribution in [3.05, 3.63) is 70.7 Å². The van der Waals surface area contributed by atoms with E-state index >= 15 is 0 Å². The largest absolute Gasteiger partial charge is 0.455 e. The molecule has 1 aliphatic carbocycles. The zero-order valence-electron chi connectivity index (χ0n) is 18.0. The van der Waals surface area contributed by atoms with Crippen LogP contribution in [0, 0.1) is 6.92 Å². The summed E-state index contributed by atoms with van der Waals surface area (Å²) in [7, 11) is 0. The minimum Gasteiger partial charge on any atom is -0.455 e. The van der Waals surface area contributed by atoms with Crippen LogP contribution in [0.1, 0.15) is 50.6 Å². The number of benzene rings is 2. The van der Waals surface area contributed by atoms with Crippen molar-refractivity contribution in [2.75, 3.05) is 26.3 Å². The Morgan fingerprint density at radius 1 is 1.03 bits per heavy atom. The molecule has 0 unspecified atom stereocenters. The molecule has 32 heavy (non-hydrogen) atoms. The number of nitrogens with one attached hydrogen (secondary N) is 1. The Hall–Kier alpha value is -3.45. The third kappa shape index (κ3) is 3.69. The molecule has 2 amide bonds. The molecule has 1 N–H and O–H groups in total. The molecule has 0 spiro atoms. The number of morpholine rings is 1. The molecule has 7 nitrogen and oxygen atoms in total. The lowest BCUT2D eigenvalue weighted by Crippen LogP contribution is -2.40. The lowest BCUT2D eigenvalue weighted by atomic mass is 9.93. The Labute approximate surface area is 186 Å². The lowest BCUT2D eigenvalue weighted by Gasteiger charge is -2.26. The number of aryl methyl sites for hydroxylation is 1. The van der Waals surface area contributed by atoms with E-state index in [0.29, 0.717) is 44.0 Å². The van der Waals surface area contributed by atoms with Crippen molar-refractivity contribution < 1.29 is 18.7 Å². The molecular weight excluding hydrogens is 406 g/mol. The summed E-state index contributed by atoms with van der Waals surface area (Å²) < 4.78 is 11.4. The third-order valence-electron chi connectivity index (χ3n) is 6.14. The fraction of sp³-hybridized carbons (Fsp3) is 0.320. The number of nitrogens with zero attached hydrogens (tertiary/aromatic N) is 2. The summed E-state index contributed by atoms with van der Waals surface area (Å²) in [6, 6.07) is 13.4. The maximum atomic E-state index is 13.0. The maximum absolute atomic E-state index is 13.0. The highest BCUT2D eigenvalue weighted by molar-refractivity contribution is 6.09. The number of carbonyl (C=O) groups is 2. The minimum absolute atomic E-state index is 0.112. The van der Waals surface area contributed by atoms with Gasteiger partial charge in [0.25, 0.3) is 11.8 Å². The SMILES string of the molecule is Cc1c(C(=O)N2CCOCC2)oc2c1/C(=N/NC(=O)c1cccc3ccccc13)CCC2. The molecule has 7 heteroatoms. The van der Waals surface area contributed by atoms with Gasteiger partial charge in [0, 0.05) is 36.2 Å². The van der Waals surface area contributed by atoms with Gasteiger partial charge < -0.3 is 14.1 Å². The average Bonchev–Trinajstić information content (AvgIpc) is 3.19. The first-order valence-corrected chi connectivity index (χ1v) is 11.0. The van der Waals surface area contributed by atoms with Gasteiger partial charge in [0.15, 0.2) is 5.76 Å². The number of amides is 2. The monoisotopic (exact) mass is 431 g/mol. The molecule has 1 saturated heterocycles. The van der Waals surface area contributed by atoms with Crippen LogP contribution in [0.2, 0.25) is 0 Å². The number of ether oxygens (including phenoxy) is 1. The van der Waals surface area contributed by atoms with E-state index in [0.717, 1.165) is 46.2 Å². The number of hydrogen-bond acceptors (Lipinski definition) is 5. The molecule has 5 rings (SSSR count). The summed E-state index contributed by atoms with van der Waals surface area (Å²) in [5.41, 5.74) is 5.70. The van der Waals surface area contributed by atoms with Gasteiger partial charge in [-0.15, -0.1) is 0 Å². The first-order chi connectivity index (χ1) is 15.6. The highest BCUT2D eigenvalue weighted by atomic mass is 16.5. The standard InChI is InChI=1S/C25H25N3O4/c1-16-22-20(26-27-24(29)19-9-4-7-17-6-2-3-8-18(17)19)10-5-11-21(22)32-23(16)25(30)28-12-14-31-15-13-28/h2-4,6-9H,5,10-15H2,1H3,(H,27,29)/b26-20+. The zero-order valence-corrected chi connectivity index (χ0v) is 18.0. The highest BCUT2D eigenvalue weighted by Crippen LogP contribution is 2.31. The zero-order chi connectivity index (χ0) is 22.1. The van der Waals surface area contributed by atoms with E-state index in [2.05, 4.69) is 10.5 Å². The number of hydrogen-bond donors (Lipinski definition) is 1. The lowest BCUT2D eigenvalue weighted by molar-refractivity contribution is 0.0281. The Kier molecular flexibility index (Phi) is 5.49. The summed E-state index contributed by atoms with van der Waals surface area (Å²) in [5.74, 6) is 0.766. The number of hydrazone groups is 1. The smallest absolute Gasteiger partial charge is 0.290 e. The first-order valence-electron chi connectivity index (χ1n) is 11.0. The van der Waals surface area contributed by atoms with E-state index in [1.165, 1.54) is 0 Å². The molecule has 1 aromatic heterocycles. The van der Waals surface area contributed by atoms with Crippen LogP contribution in [-0.2, 0) is 11.2 Å². The van der Waals surface area contributed by atoms with Crippen molar-refractivity contribution in [1.29, 1.82) is 0 Å². The Morgan fingerprint density at radius 2 is 1.81 bits per heavy atom. The Morgan fingerprint density at radius 3 is 2.66 bits per heavy atom. The summed E-state index contributed by atoms with van der Waals surface area (Å²) in [5, 5.41) is 6.35. The van der Waals surface area contributed by atoms with Gasteiger partial charge >= 0.3 is 0 Å². The van der Waals surface area contributed by atoms with Gasteiger partial charge in [-0.2, -0.15) is 5.10 Å². The van der Waals surface area contributed by atoms with E-state index in [1.807, 2.05) is 43.3 Å². The predicted octanol–water partition coefficient (Wildman–Crippen LogP) is 3.68. The van der Waals surface area contributed by atoms with E-state index in [1.54, 1.807) is 11.0 Å². The second kappa shape index (κ2) is 8.59. The van der Waals surface area contributed by atoms with Gasteiger partial charge in [-0.05, 0) is 36.6 Å². The first kappa shape index (κ1) is 20.5. The van der Waals surface area contributed by atoms with Crippen LogP contribution in [0.4, 0.5) is 0 Å². The van der Waals surface area contributed by atoms with Crippen molar-refractivity contribution >= 4 is 28.3 Å². The normalized spacial score (nSPS) is 17.4. The molecule has 3 aromatic rings. The molecule has 1 fully saturated rings. The van der Waals surface area contributed by atoms with Crippen molar-refractivity contribution in [1.82, 2.24) is 10.3 Å². The minimum atomic E-state index is -0.257. The molecule has 0 atom stereocenters. The number of furan rings is 1. The molecule has 0 radical (unpaired) electrons. The van der Waals surface area contributed by atoms with Gasteiger partial charge in [-0.3, -0.25) is 9.59 Å². The number of fused-ring (bicyclic) bond motifs is 2. The van der Waals surface area contributed by atoms with Crippen LogP contribution in [0.3, 0.4) is 0 Å². The van der Waals surface area contributed by atoms with Gasteiger partial charge in [0.1, 0.15) is 5.76 Å². The van der Waals surface area contributed by atoms with E-state index in [9.17, 15) is 9.59 Å². The molecular formula is C25H25N3O4. The fourth-order valence-electron chi connectivity index (χ4n) is 4.50. The van der Waals surface area contributed by atoms with Gasteiger partial charge in [-0.1, -0.05) is 36.4 Å². The average molecular weight is 431 g/mol. The molecule has 2 heterocycles. The second-order valence-electron chi connectivity index (χ2n) is 8.14. The Balaban J connectivity index is 1.42. The van der Waals surface area contributed by atoms with Gasteiger partial charge in [-0.25, -0.2) is 5.43 Å². The second-order valence-corrected chi connectivity index (χ2v) is 8.14. The third-order valence-corrected chi connectivity index (χ3v) is 6.14. The quantitative estimate of drug-likeness (QED) is 0.641. The van der Waals surface area contributed by atoms with E-state index in [4.69, 9.17) is 9.15 Å². The highest BCUT2D eigenvalue weighted by Gasteiger charge is 2.30. The summed E-state index contributed by atoms with van der Waals surface area (Å²) in [4.78, 5) is 27.7. The van der Waals surface area contributed by atoms with Crippen molar-refractivity contribution in [3.8, 4) is 0 Å². The van der Waals surface area contributed by atoms with Crippen LogP contribution in [0.15, 0.2) is 52.0 Å². The topological polar surface area (TPSA) is 84.1 Å². The summed E-state index contributed by atoms with van der Waals surface area (Å²) in [6.07, 6.45) is 2.32. The molecule has 164 valence electrons. The number of rotatable bonds is 3. The van der Waals surface area contributed by atoms with Crippen LogP contribution < -0.4 is 5.43 Å². The van der Waals surface area contributed by atoms with Crippen molar-refractivity contribution in [3.63, 3.8) is 0 Å². The van der Waals surface area contributed by atoms with E-state index in [-0.39, 0.29) is 11.8 Å². The summed E-state index contributed by atoms with van der Waals surface area (Å²) in [6.45, 7) is 4.09. The molecule has 0 saturated carbocycles. The summed E-state index contributed by atoms with van der Waals surface area (Å²) >= 11 is 0. The van der Waals surface area contributed by atoms with Crippen LogP contribution >= 0.6 is 0 Å². The van der Waals surface area contributed by atoms with Crippen LogP contribution in [0.25, 0.3) is 10.8 Å².